The SMILES string of the molecule is CCC(C#N)C(=O)NCCCc1ncc[nH]1. The minimum atomic E-state index is -0.524. The number of carbonyl (C=O) groups excluding carboxylic acids is 1. The summed E-state index contributed by atoms with van der Waals surface area (Å²) >= 11 is 0. The van der Waals surface area contributed by atoms with Crippen molar-refractivity contribution >= 4 is 5.91 Å². The zero-order chi connectivity index (χ0) is 11.8. The minimum Gasteiger partial charge on any atom is -0.355 e. The van der Waals surface area contributed by atoms with Crippen LogP contribution in [0.1, 0.15) is 25.6 Å². The highest BCUT2D eigenvalue weighted by Gasteiger charge is 2.13. The molecule has 0 aliphatic rings. The van der Waals surface area contributed by atoms with E-state index in [1.807, 2.05) is 13.0 Å². The zero-order valence-corrected chi connectivity index (χ0v) is 9.36. The summed E-state index contributed by atoms with van der Waals surface area (Å²) in [6.45, 7) is 2.41. The van der Waals surface area contributed by atoms with E-state index in [1.165, 1.54) is 0 Å². The number of nitrogens with one attached hydrogen (secondary N) is 2. The van der Waals surface area contributed by atoms with E-state index in [-0.39, 0.29) is 5.91 Å². The molecule has 5 heteroatoms. The number of carbonyl (C=O) groups is 1. The summed E-state index contributed by atoms with van der Waals surface area (Å²) < 4.78 is 0. The minimum absolute atomic E-state index is 0.176. The Morgan fingerprint density at radius 3 is 3.12 bits per heavy atom. The number of aromatic amines is 1. The lowest BCUT2D eigenvalue weighted by Crippen LogP contribution is -2.30. The first-order valence-electron chi connectivity index (χ1n) is 5.43. The van der Waals surface area contributed by atoms with Gasteiger partial charge in [0.1, 0.15) is 11.7 Å². The molecule has 1 rings (SSSR count). The van der Waals surface area contributed by atoms with Gasteiger partial charge in [0.15, 0.2) is 0 Å². The van der Waals surface area contributed by atoms with Crippen LogP contribution in [0.3, 0.4) is 0 Å². The average molecular weight is 220 g/mol. The molecule has 86 valence electrons. The molecule has 1 atom stereocenters. The topological polar surface area (TPSA) is 81.6 Å². The number of H-pyrrole nitrogens is 1. The van der Waals surface area contributed by atoms with Crippen LogP contribution in [-0.4, -0.2) is 22.4 Å². The van der Waals surface area contributed by atoms with Crippen molar-refractivity contribution < 1.29 is 4.79 Å². The molecule has 5 nitrogen and oxygen atoms in total. The van der Waals surface area contributed by atoms with Gasteiger partial charge < -0.3 is 10.3 Å². The average Bonchev–Trinajstić information content (AvgIpc) is 2.79. The van der Waals surface area contributed by atoms with Crippen molar-refractivity contribution in [3.63, 3.8) is 0 Å². The van der Waals surface area contributed by atoms with Crippen molar-refractivity contribution in [1.29, 1.82) is 5.26 Å². The molecule has 1 aromatic rings. The molecule has 0 spiro atoms. The number of rotatable bonds is 6. The van der Waals surface area contributed by atoms with Crippen molar-refractivity contribution in [1.82, 2.24) is 15.3 Å². The Balaban J connectivity index is 2.16. The van der Waals surface area contributed by atoms with Crippen molar-refractivity contribution in [2.45, 2.75) is 26.2 Å². The lowest BCUT2D eigenvalue weighted by atomic mass is 10.1. The predicted molar refractivity (Wildman–Crippen MR) is 59.3 cm³/mol. The summed E-state index contributed by atoms with van der Waals surface area (Å²) in [4.78, 5) is 18.5. The molecule has 0 aliphatic heterocycles. The Morgan fingerprint density at radius 1 is 1.75 bits per heavy atom. The van der Waals surface area contributed by atoms with E-state index in [2.05, 4.69) is 15.3 Å². The maximum Gasteiger partial charge on any atom is 0.237 e. The second-order valence-corrected chi connectivity index (χ2v) is 3.52. The molecule has 16 heavy (non-hydrogen) atoms. The van der Waals surface area contributed by atoms with Gasteiger partial charge in [-0.25, -0.2) is 4.98 Å². The number of nitriles is 1. The van der Waals surface area contributed by atoms with E-state index in [1.54, 1.807) is 12.4 Å². The summed E-state index contributed by atoms with van der Waals surface area (Å²) in [5.41, 5.74) is 0. The molecule has 0 aliphatic carbocycles. The number of aryl methyl sites for hydroxylation is 1. The smallest absolute Gasteiger partial charge is 0.237 e. The first-order valence-corrected chi connectivity index (χ1v) is 5.43. The van der Waals surface area contributed by atoms with Gasteiger partial charge in [-0.2, -0.15) is 5.26 Å². The summed E-state index contributed by atoms with van der Waals surface area (Å²) in [5, 5.41) is 11.4. The summed E-state index contributed by atoms with van der Waals surface area (Å²) in [6.07, 6.45) is 5.66. The van der Waals surface area contributed by atoms with Gasteiger partial charge in [0, 0.05) is 25.4 Å². The molecule has 1 amide bonds. The van der Waals surface area contributed by atoms with Gasteiger partial charge in [0.25, 0.3) is 0 Å². The molecule has 0 bridgehead atoms. The highest BCUT2D eigenvalue weighted by Crippen LogP contribution is 2.00. The van der Waals surface area contributed by atoms with Crippen LogP contribution in [0.4, 0.5) is 0 Å². The Kier molecular flexibility index (Phi) is 5.06. The Morgan fingerprint density at radius 2 is 2.56 bits per heavy atom. The monoisotopic (exact) mass is 220 g/mol. The molecule has 1 unspecified atom stereocenters. The fraction of sp³-hybridized carbons (Fsp3) is 0.545. The van der Waals surface area contributed by atoms with Crippen LogP contribution in [-0.2, 0) is 11.2 Å². The van der Waals surface area contributed by atoms with Gasteiger partial charge in [-0.1, -0.05) is 6.92 Å². The van der Waals surface area contributed by atoms with E-state index < -0.39 is 5.92 Å². The molecule has 0 saturated carbocycles. The summed E-state index contributed by atoms with van der Waals surface area (Å²) in [7, 11) is 0. The number of hydrogen-bond donors (Lipinski definition) is 2. The van der Waals surface area contributed by atoms with Gasteiger partial charge >= 0.3 is 0 Å². The van der Waals surface area contributed by atoms with Crippen molar-refractivity contribution in [2.75, 3.05) is 6.54 Å². The Labute approximate surface area is 94.9 Å². The fourth-order valence-electron chi connectivity index (χ4n) is 1.36. The molecule has 0 saturated heterocycles. The number of aromatic nitrogens is 2. The maximum absolute atomic E-state index is 11.4. The molecular weight excluding hydrogens is 204 g/mol. The van der Waals surface area contributed by atoms with Crippen LogP contribution in [0.2, 0.25) is 0 Å². The third-order valence-electron chi connectivity index (χ3n) is 2.33. The van der Waals surface area contributed by atoms with E-state index in [0.717, 1.165) is 18.7 Å². The lowest BCUT2D eigenvalue weighted by Gasteiger charge is -2.07. The molecule has 2 N–H and O–H groups in total. The first kappa shape index (κ1) is 12.2. The van der Waals surface area contributed by atoms with Crippen LogP contribution in [0, 0.1) is 17.2 Å². The quantitative estimate of drug-likeness (QED) is 0.702. The van der Waals surface area contributed by atoms with Crippen molar-refractivity contribution in [3.05, 3.63) is 18.2 Å². The third kappa shape index (κ3) is 3.73. The highest BCUT2D eigenvalue weighted by molar-refractivity contribution is 5.80. The number of hydrogen-bond acceptors (Lipinski definition) is 3. The van der Waals surface area contributed by atoms with Gasteiger partial charge in [-0.3, -0.25) is 4.79 Å². The molecule has 1 aromatic heterocycles. The molecule has 0 radical (unpaired) electrons. The maximum atomic E-state index is 11.4. The number of imidazole rings is 1. The molecular formula is C11H16N4O. The van der Waals surface area contributed by atoms with E-state index in [9.17, 15) is 4.79 Å². The standard InChI is InChI=1S/C11H16N4O/c1-2-9(8-12)11(16)15-5-3-4-10-13-6-7-14-10/h6-7,9H,2-5H2,1H3,(H,13,14)(H,15,16). The van der Waals surface area contributed by atoms with Crippen molar-refractivity contribution in [2.24, 2.45) is 5.92 Å². The Bertz CT molecular complexity index is 353. The van der Waals surface area contributed by atoms with Crippen LogP contribution >= 0.6 is 0 Å². The molecule has 0 aromatic carbocycles. The normalized spacial score (nSPS) is 11.8. The summed E-state index contributed by atoms with van der Waals surface area (Å²) in [6, 6.07) is 1.98. The second-order valence-electron chi connectivity index (χ2n) is 3.52. The van der Waals surface area contributed by atoms with Gasteiger partial charge in [-0.05, 0) is 12.8 Å². The molecule has 1 heterocycles. The van der Waals surface area contributed by atoms with Crippen LogP contribution < -0.4 is 5.32 Å². The second kappa shape index (κ2) is 6.62. The highest BCUT2D eigenvalue weighted by atomic mass is 16.1. The van der Waals surface area contributed by atoms with Gasteiger partial charge in [0.2, 0.25) is 5.91 Å². The van der Waals surface area contributed by atoms with E-state index >= 15 is 0 Å². The lowest BCUT2D eigenvalue weighted by molar-refractivity contribution is -0.123. The first-order chi connectivity index (χ1) is 7.77. The van der Waals surface area contributed by atoms with E-state index in [0.29, 0.717) is 13.0 Å². The summed E-state index contributed by atoms with van der Waals surface area (Å²) in [5.74, 6) is 0.217. The number of amides is 1. The van der Waals surface area contributed by atoms with Crippen LogP contribution in [0.5, 0.6) is 0 Å². The van der Waals surface area contributed by atoms with E-state index in [4.69, 9.17) is 5.26 Å². The largest absolute Gasteiger partial charge is 0.355 e. The fourth-order valence-corrected chi connectivity index (χ4v) is 1.36. The van der Waals surface area contributed by atoms with Gasteiger partial charge in [-0.15, -0.1) is 0 Å². The predicted octanol–water partition coefficient (Wildman–Crippen LogP) is 1.01. The van der Waals surface area contributed by atoms with Gasteiger partial charge in [0.05, 0.1) is 6.07 Å². The molecule has 0 fully saturated rings. The van der Waals surface area contributed by atoms with Crippen molar-refractivity contribution in [3.8, 4) is 6.07 Å². The van der Waals surface area contributed by atoms with Crippen LogP contribution in [0.15, 0.2) is 12.4 Å². The third-order valence-corrected chi connectivity index (χ3v) is 2.33. The number of nitrogens with zero attached hydrogens (tertiary/aromatic N) is 2. The zero-order valence-electron chi connectivity index (χ0n) is 9.36. The van der Waals surface area contributed by atoms with Crippen LogP contribution in [0.25, 0.3) is 0 Å². The Hall–Kier alpha value is -1.83.